The highest BCUT2D eigenvalue weighted by Crippen LogP contribution is 2.19. The summed E-state index contributed by atoms with van der Waals surface area (Å²) in [7, 11) is 0. The average molecular weight is 489 g/mol. The summed E-state index contributed by atoms with van der Waals surface area (Å²) in [5.41, 5.74) is 3.87. The van der Waals surface area contributed by atoms with Gasteiger partial charge in [-0.25, -0.2) is 0 Å². The lowest BCUT2D eigenvalue weighted by atomic mass is 10.1. The van der Waals surface area contributed by atoms with Gasteiger partial charge >= 0.3 is 0 Å². The minimum absolute atomic E-state index is 0.124. The summed E-state index contributed by atoms with van der Waals surface area (Å²) in [6.07, 6.45) is 4.30. The molecule has 0 unspecified atom stereocenters. The summed E-state index contributed by atoms with van der Waals surface area (Å²) in [6, 6.07) is 13.3. The lowest BCUT2D eigenvalue weighted by molar-refractivity contribution is -0.121. The summed E-state index contributed by atoms with van der Waals surface area (Å²) in [5, 5.41) is 7.33. The van der Waals surface area contributed by atoms with Crippen LogP contribution in [0.15, 0.2) is 54.9 Å². The molecule has 0 atom stereocenters. The van der Waals surface area contributed by atoms with Crippen LogP contribution in [0.5, 0.6) is 0 Å². The van der Waals surface area contributed by atoms with E-state index in [0.29, 0.717) is 38.4 Å². The van der Waals surface area contributed by atoms with Crippen LogP contribution >= 0.6 is 0 Å². The summed E-state index contributed by atoms with van der Waals surface area (Å²) in [6.45, 7) is 6.75. The second-order valence-electron chi connectivity index (χ2n) is 8.91. The lowest BCUT2D eigenvalue weighted by Gasteiger charge is -2.21. The van der Waals surface area contributed by atoms with Gasteiger partial charge in [0.15, 0.2) is 5.69 Å². The van der Waals surface area contributed by atoms with Crippen molar-refractivity contribution >= 4 is 17.7 Å². The molecular formula is C27H32N6O3. The van der Waals surface area contributed by atoms with Gasteiger partial charge in [0.2, 0.25) is 5.91 Å². The molecule has 0 aliphatic carbocycles. The second-order valence-corrected chi connectivity index (χ2v) is 8.91. The number of fused-ring (bicyclic) bond motifs is 1. The maximum absolute atomic E-state index is 13.3. The van der Waals surface area contributed by atoms with E-state index in [1.165, 1.54) is 0 Å². The molecule has 1 aliphatic rings. The van der Waals surface area contributed by atoms with Crippen molar-refractivity contribution in [3.63, 3.8) is 0 Å². The summed E-state index contributed by atoms with van der Waals surface area (Å²) in [5.74, 6) is -0.542. The van der Waals surface area contributed by atoms with Crippen molar-refractivity contribution in [2.75, 3.05) is 19.6 Å². The fourth-order valence-corrected chi connectivity index (χ4v) is 4.27. The molecule has 0 spiro atoms. The van der Waals surface area contributed by atoms with Crippen LogP contribution in [0.1, 0.15) is 57.4 Å². The number of aromatic nitrogens is 3. The van der Waals surface area contributed by atoms with E-state index in [9.17, 15) is 14.4 Å². The van der Waals surface area contributed by atoms with Gasteiger partial charge in [-0.3, -0.25) is 24.0 Å². The van der Waals surface area contributed by atoms with E-state index in [2.05, 4.69) is 15.4 Å². The van der Waals surface area contributed by atoms with Crippen LogP contribution in [0, 0.1) is 6.92 Å². The Bertz CT molecular complexity index is 1220. The fourth-order valence-electron chi connectivity index (χ4n) is 4.27. The number of rotatable bonds is 9. The summed E-state index contributed by atoms with van der Waals surface area (Å²) in [4.78, 5) is 46.2. The van der Waals surface area contributed by atoms with Crippen LogP contribution in [0.2, 0.25) is 0 Å². The molecule has 0 saturated heterocycles. The number of hydrogen-bond acceptors (Lipinski definition) is 5. The third kappa shape index (κ3) is 5.97. The van der Waals surface area contributed by atoms with Crippen LogP contribution in [0.25, 0.3) is 0 Å². The molecule has 36 heavy (non-hydrogen) atoms. The van der Waals surface area contributed by atoms with E-state index in [0.717, 1.165) is 23.1 Å². The van der Waals surface area contributed by atoms with E-state index in [-0.39, 0.29) is 36.4 Å². The standard InChI is InChI=1S/C27H32N6O3/c1-3-31(16-11-25(34)29-18-21-9-12-28-13-10-21)26(35)23-17-24-27(36)32(14-6-15-33(24)30-23)19-22-8-5-4-7-20(22)2/h4-5,7-10,12-13,17H,3,6,11,14-16,18-19H2,1-2H3,(H,29,34). The Morgan fingerprint density at radius 2 is 1.89 bits per heavy atom. The molecule has 0 fully saturated rings. The van der Waals surface area contributed by atoms with Gasteiger partial charge in [0.05, 0.1) is 0 Å². The first-order valence-electron chi connectivity index (χ1n) is 12.3. The Balaban J connectivity index is 1.38. The predicted molar refractivity (Wildman–Crippen MR) is 135 cm³/mol. The number of hydrogen-bond donors (Lipinski definition) is 1. The molecule has 2 aromatic heterocycles. The molecule has 9 heteroatoms. The zero-order chi connectivity index (χ0) is 25.5. The van der Waals surface area contributed by atoms with E-state index < -0.39 is 0 Å². The molecule has 3 aromatic rings. The van der Waals surface area contributed by atoms with E-state index in [4.69, 9.17) is 0 Å². The van der Waals surface area contributed by atoms with Gasteiger partial charge in [-0.2, -0.15) is 5.10 Å². The average Bonchev–Trinajstić information content (AvgIpc) is 3.26. The van der Waals surface area contributed by atoms with Crippen LogP contribution in [-0.4, -0.2) is 61.9 Å². The zero-order valence-corrected chi connectivity index (χ0v) is 20.8. The van der Waals surface area contributed by atoms with E-state index >= 15 is 0 Å². The number of pyridine rings is 1. The van der Waals surface area contributed by atoms with Crippen molar-refractivity contribution in [1.29, 1.82) is 0 Å². The third-order valence-corrected chi connectivity index (χ3v) is 6.44. The minimum Gasteiger partial charge on any atom is -0.352 e. The number of nitrogens with one attached hydrogen (secondary N) is 1. The molecule has 3 amide bonds. The highest BCUT2D eigenvalue weighted by molar-refractivity contribution is 5.98. The van der Waals surface area contributed by atoms with Gasteiger partial charge in [-0.1, -0.05) is 24.3 Å². The normalized spacial score (nSPS) is 13.2. The smallest absolute Gasteiger partial charge is 0.274 e. The maximum atomic E-state index is 13.3. The highest BCUT2D eigenvalue weighted by Gasteiger charge is 2.28. The molecule has 4 rings (SSSR count). The van der Waals surface area contributed by atoms with Crippen molar-refractivity contribution in [1.82, 2.24) is 29.9 Å². The molecule has 0 bridgehead atoms. The summed E-state index contributed by atoms with van der Waals surface area (Å²) >= 11 is 0. The maximum Gasteiger partial charge on any atom is 0.274 e. The topological polar surface area (TPSA) is 100 Å². The van der Waals surface area contributed by atoms with Crippen molar-refractivity contribution in [2.45, 2.75) is 46.3 Å². The molecule has 1 N–H and O–H groups in total. The molecule has 3 heterocycles. The SMILES string of the molecule is CCN(CCC(=O)NCc1ccncc1)C(=O)c1cc2n(n1)CCCN(Cc1ccccc1C)C2=O. The monoisotopic (exact) mass is 488 g/mol. The van der Waals surface area contributed by atoms with Gasteiger partial charge in [-0.15, -0.1) is 0 Å². The highest BCUT2D eigenvalue weighted by atomic mass is 16.2. The summed E-state index contributed by atoms with van der Waals surface area (Å²) < 4.78 is 1.64. The van der Waals surface area contributed by atoms with Crippen LogP contribution in [-0.2, 0) is 24.4 Å². The molecule has 0 saturated carbocycles. The Morgan fingerprint density at radius 3 is 2.64 bits per heavy atom. The molecule has 188 valence electrons. The predicted octanol–water partition coefficient (Wildman–Crippen LogP) is 2.80. The molecule has 0 radical (unpaired) electrons. The van der Waals surface area contributed by atoms with Gasteiger partial charge in [0.25, 0.3) is 11.8 Å². The fraction of sp³-hybridized carbons (Fsp3) is 0.370. The van der Waals surface area contributed by atoms with Crippen LogP contribution in [0.3, 0.4) is 0 Å². The first kappa shape index (κ1) is 25.1. The number of benzene rings is 1. The van der Waals surface area contributed by atoms with Gasteiger partial charge < -0.3 is 15.1 Å². The van der Waals surface area contributed by atoms with Gasteiger partial charge in [0.1, 0.15) is 5.69 Å². The number of amides is 3. The quantitative estimate of drug-likeness (QED) is 0.499. The Labute approximate surface area is 211 Å². The largest absolute Gasteiger partial charge is 0.352 e. The van der Waals surface area contributed by atoms with Gasteiger partial charge in [0, 0.05) is 64.1 Å². The number of nitrogens with zero attached hydrogens (tertiary/aromatic N) is 5. The first-order valence-corrected chi connectivity index (χ1v) is 12.3. The molecule has 1 aliphatic heterocycles. The number of carbonyl (C=O) groups excluding carboxylic acids is 3. The van der Waals surface area contributed by atoms with Crippen LogP contribution in [0.4, 0.5) is 0 Å². The molecular weight excluding hydrogens is 456 g/mol. The molecule has 1 aromatic carbocycles. The van der Waals surface area contributed by atoms with Crippen molar-refractivity contribution < 1.29 is 14.4 Å². The minimum atomic E-state index is -0.279. The first-order chi connectivity index (χ1) is 17.5. The lowest BCUT2D eigenvalue weighted by Crippen LogP contribution is -2.35. The molecule has 9 nitrogen and oxygen atoms in total. The van der Waals surface area contributed by atoms with E-state index in [1.807, 2.05) is 55.1 Å². The van der Waals surface area contributed by atoms with Crippen molar-refractivity contribution in [3.8, 4) is 0 Å². The second kappa shape index (κ2) is 11.6. The van der Waals surface area contributed by atoms with Crippen molar-refractivity contribution in [2.24, 2.45) is 0 Å². The Kier molecular flexibility index (Phi) is 8.10. The van der Waals surface area contributed by atoms with Crippen molar-refractivity contribution in [3.05, 3.63) is 82.9 Å². The Hall–Kier alpha value is -4.01. The Morgan fingerprint density at radius 1 is 1.11 bits per heavy atom. The van der Waals surface area contributed by atoms with E-state index in [1.54, 1.807) is 28.0 Å². The van der Waals surface area contributed by atoms with Gasteiger partial charge in [-0.05, 0) is 49.1 Å². The van der Waals surface area contributed by atoms with Crippen LogP contribution < -0.4 is 5.32 Å². The zero-order valence-electron chi connectivity index (χ0n) is 20.8. The number of carbonyl (C=O) groups is 3. The number of aryl methyl sites for hydroxylation is 2. The third-order valence-electron chi connectivity index (χ3n) is 6.44.